The number of benzene rings is 1. The molecule has 0 saturated carbocycles. The van der Waals surface area contributed by atoms with Crippen LogP contribution in [0.3, 0.4) is 0 Å². The van der Waals surface area contributed by atoms with Crippen LogP contribution < -0.4 is 5.73 Å². The first-order valence-electron chi connectivity index (χ1n) is 6.21. The summed E-state index contributed by atoms with van der Waals surface area (Å²) in [6.45, 7) is 6.14. The molecule has 0 radical (unpaired) electrons. The largest absolute Gasteiger partial charge is 0.338 e. The molecule has 0 aliphatic rings. The Morgan fingerprint density at radius 1 is 1.28 bits per heavy atom. The molecule has 2 N–H and O–H groups in total. The number of hydrogen-bond donors (Lipinski definition) is 1. The molecule has 1 unspecified atom stereocenters. The van der Waals surface area contributed by atoms with Crippen molar-refractivity contribution in [2.45, 2.75) is 38.6 Å². The molecule has 1 atom stereocenters. The topological polar surface area (TPSA) is 64.9 Å². The van der Waals surface area contributed by atoms with Gasteiger partial charge in [-0.15, -0.1) is 0 Å². The highest BCUT2D eigenvalue weighted by atomic mass is 16.5. The summed E-state index contributed by atoms with van der Waals surface area (Å²) >= 11 is 0. The van der Waals surface area contributed by atoms with Gasteiger partial charge >= 0.3 is 0 Å². The third-order valence-electron chi connectivity index (χ3n) is 3.24. The number of nitrogens with zero attached hydrogens (tertiary/aromatic N) is 2. The van der Waals surface area contributed by atoms with Gasteiger partial charge in [-0.25, -0.2) is 0 Å². The Kier molecular flexibility index (Phi) is 3.48. The zero-order valence-electron chi connectivity index (χ0n) is 11.1. The zero-order chi connectivity index (χ0) is 13.2. The van der Waals surface area contributed by atoms with E-state index in [1.54, 1.807) is 0 Å². The first-order valence-corrected chi connectivity index (χ1v) is 6.21. The van der Waals surface area contributed by atoms with Crippen molar-refractivity contribution in [3.05, 3.63) is 47.6 Å². The SMILES string of the molecule is CCC(N)c1noc(C(C)(C)c2ccccc2)n1. The van der Waals surface area contributed by atoms with Crippen molar-refractivity contribution in [3.8, 4) is 0 Å². The second kappa shape index (κ2) is 4.90. The highest BCUT2D eigenvalue weighted by Gasteiger charge is 2.30. The van der Waals surface area contributed by atoms with Gasteiger partial charge in [0.2, 0.25) is 5.89 Å². The van der Waals surface area contributed by atoms with Gasteiger partial charge in [0.05, 0.1) is 11.5 Å². The maximum absolute atomic E-state index is 5.90. The lowest BCUT2D eigenvalue weighted by Gasteiger charge is -2.20. The van der Waals surface area contributed by atoms with E-state index in [0.717, 1.165) is 12.0 Å². The lowest BCUT2D eigenvalue weighted by molar-refractivity contribution is 0.327. The molecule has 0 spiro atoms. The summed E-state index contributed by atoms with van der Waals surface area (Å²) in [5.41, 5.74) is 6.74. The standard InChI is InChI=1S/C14H19N3O/c1-4-11(15)12-16-13(18-17-12)14(2,3)10-8-6-5-7-9-10/h5-9,11H,4,15H2,1-3H3. The van der Waals surface area contributed by atoms with Gasteiger partial charge < -0.3 is 10.3 Å². The number of aromatic nitrogens is 2. The molecule has 1 aromatic carbocycles. The third-order valence-corrected chi connectivity index (χ3v) is 3.24. The van der Waals surface area contributed by atoms with E-state index in [2.05, 4.69) is 36.1 Å². The summed E-state index contributed by atoms with van der Waals surface area (Å²) in [5, 5.41) is 3.97. The average molecular weight is 245 g/mol. The van der Waals surface area contributed by atoms with Crippen LogP contribution in [0.4, 0.5) is 0 Å². The lowest BCUT2D eigenvalue weighted by atomic mass is 9.84. The van der Waals surface area contributed by atoms with Crippen molar-refractivity contribution in [2.75, 3.05) is 0 Å². The Bertz CT molecular complexity index is 505. The van der Waals surface area contributed by atoms with Gasteiger partial charge in [0.1, 0.15) is 0 Å². The summed E-state index contributed by atoms with van der Waals surface area (Å²) in [7, 11) is 0. The number of rotatable bonds is 4. The van der Waals surface area contributed by atoms with Crippen LogP contribution in [0.15, 0.2) is 34.9 Å². The average Bonchev–Trinajstić information content (AvgIpc) is 2.89. The number of nitrogens with two attached hydrogens (primary N) is 1. The van der Waals surface area contributed by atoms with Crippen molar-refractivity contribution < 1.29 is 4.52 Å². The van der Waals surface area contributed by atoms with Gasteiger partial charge in [-0.05, 0) is 25.8 Å². The van der Waals surface area contributed by atoms with Crippen LogP contribution in [0.5, 0.6) is 0 Å². The van der Waals surface area contributed by atoms with Crippen LogP contribution in [0.25, 0.3) is 0 Å². The summed E-state index contributed by atoms with van der Waals surface area (Å²) < 4.78 is 5.37. The zero-order valence-corrected chi connectivity index (χ0v) is 11.1. The molecular formula is C14H19N3O. The quantitative estimate of drug-likeness (QED) is 0.899. The Hall–Kier alpha value is -1.68. The predicted octanol–water partition coefficient (Wildman–Crippen LogP) is 2.81. The Labute approximate surface area is 107 Å². The Balaban J connectivity index is 2.33. The van der Waals surface area contributed by atoms with E-state index in [0.29, 0.717) is 11.7 Å². The molecule has 0 aliphatic heterocycles. The molecule has 0 aliphatic carbocycles. The summed E-state index contributed by atoms with van der Waals surface area (Å²) in [4.78, 5) is 4.43. The molecule has 0 saturated heterocycles. The van der Waals surface area contributed by atoms with E-state index in [1.807, 2.05) is 25.1 Å². The van der Waals surface area contributed by atoms with Gasteiger partial charge in [0, 0.05) is 0 Å². The molecule has 4 heteroatoms. The molecule has 0 fully saturated rings. The van der Waals surface area contributed by atoms with E-state index in [1.165, 1.54) is 0 Å². The molecule has 1 heterocycles. The summed E-state index contributed by atoms with van der Waals surface area (Å²) in [6.07, 6.45) is 0.796. The summed E-state index contributed by atoms with van der Waals surface area (Å²) in [5.74, 6) is 1.18. The normalized spacial score (nSPS) is 13.6. The first kappa shape index (κ1) is 12.8. The minimum absolute atomic E-state index is 0.158. The fraction of sp³-hybridized carbons (Fsp3) is 0.429. The van der Waals surface area contributed by atoms with Crippen LogP contribution in [-0.2, 0) is 5.41 Å². The van der Waals surface area contributed by atoms with Gasteiger partial charge in [0.25, 0.3) is 0 Å². The van der Waals surface area contributed by atoms with E-state index >= 15 is 0 Å². The molecule has 1 aromatic heterocycles. The maximum Gasteiger partial charge on any atom is 0.236 e. The minimum Gasteiger partial charge on any atom is -0.338 e. The maximum atomic E-state index is 5.90. The molecule has 2 rings (SSSR count). The first-order chi connectivity index (χ1) is 8.55. The molecule has 0 amide bonds. The Morgan fingerprint density at radius 2 is 1.94 bits per heavy atom. The van der Waals surface area contributed by atoms with Gasteiger partial charge in [-0.1, -0.05) is 42.4 Å². The Morgan fingerprint density at radius 3 is 2.56 bits per heavy atom. The van der Waals surface area contributed by atoms with Crippen molar-refractivity contribution in [3.63, 3.8) is 0 Å². The van der Waals surface area contributed by atoms with Gasteiger partial charge in [-0.2, -0.15) is 4.98 Å². The summed E-state index contributed by atoms with van der Waals surface area (Å²) in [6, 6.07) is 9.96. The van der Waals surface area contributed by atoms with Crippen LogP contribution in [0, 0.1) is 0 Å². The molecule has 2 aromatic rings. The molecule has 4 nitrogen and oxygen atoms in total. The fourth-order valence-corrected chi connectivity index (χ4v) is 1.80. The lowest BCUT2D eigenvalue weighted by Crippen LogP contribution is -2.20. The van der Waals surface area contributed by atoms with E-state index < -0.39 is 0 Å². The second-order valence-electron chi connectivity index (χ2n) is 4.96. The molecule has 96 valence electrons. The van der Waals surface area contributed by atoms with E-state index in [4.69, 9.17) is 10.3 Å². The van der Waals surface area contributed by atoms with Crippen molar-refractivity contribution in [1.82, 2.24) is 10.1 Å². The van der Waals surface area contributed by atoms with Crippen LogP contribution in [0.2, 0.25) is 0 Å². The second-order valence-corrected chi connectivity index (χ2v) is 4.96. The van der Waals surface area contributed by atoms with E-state index in [9.17, 15) is 0 Å². The highest BCUT2D eigenvalue weighted by molar-refractivity contribution is 5.29. The molecule has 18 heavy (non-hydrogen) atoms. The smallest absolute Gasteiger partial charge is 0.236 e. The van der Waals surface area contributed by atoms with Gasteiger partial charge in [-0.3, -0.25) is 0 Å². The fourth-order valence-electron chi connectivity index (χ4n) is 1.80. The van der Waals surface area contributed by atoms with Crippen molar-refractivity contribution in [1.29, 1.82) is 0 Å². The van der Waals surface area contributed by atoms with Crippen LogP contribution >= 0.6 is 0 Å². The predicted molar refractivity (Wildman–Crippen MR) is 70.1 cm³/mol. The van der Waals surface area contributed by atoms with E-state index in [-0.39, 0.29) is 11.5 Å². The molecular weight excluding hydrogens is 226 g/mol. The van der Waals surface area contributed by atoms with Gasteiger partial charge in [0.15, 0.2) is 5.82 Å². The monoisotopic (exact) mass is 245 g/mol. The minimum atomic E-state index is -0.306. The van der Waals surface area contributed by atoms with Crippen molar-refractivity contribution in [2.24, 2.45) is 5.73 Å². The highest BCUT2D eigenvalue weighted by Crippen LogP contribution is 2.30. The van der Waals surface area contributed by atoms with Crippen LogP contribution in [-0.4, -0.2) is 10.1 Å². The van der Waals surface area contributed by atoms with Crippen molar-refractivity contribution >= 4 is 0 Å². The van der Waals surface area contributed by atoms with Crippen LogP contribution in [0.1, 0.15) is 50.5 Å². The third kappa shape index (κ3) is 2.29. The molecule has 0 bridgehead atoms. The number of hydrogen-bond acceptors (Lipinski definition) is 4.